The zero-order valence-electron chi connectivity index (χ0n) is 8.32. The summed E-state index contributed by atoms with van der Waals surface area (Å²) >= 11 is 0. The first-order valence-electron chi connectivity index (χ1n) is 4.82. The maximum atomic E-state index is 8.69. The Morgan fingerprint density at radius 1 is 1.71 bits per heavy atom. The van der Waals surface area contributed by atoms with Crippen molar-refractivity contribution in [1.29, 1.82) is 5.26 Å². The molecule has 1 fully saturated rings. The molecule has 1 aliphatic carbocycles. The number of anilines is 1. The molecule has 2 N–H and O–H groups in total. The minimum atomic E-state index is 0.192. The third-order valence-electron chi connectivity index (χ3n) is 3.04. The highest BCUT2D eigenvalue weighted by Gasteiger charge is 2.43. The molecule has 0 saturated heterocycles. The van der Waals surface area contributed by atoms with Gasteiger partial charge in [-0.25, -0.2) is 0 Å². The van der Waals surface area contributed by atoms with E-state index in [1.807, 2.05) is 11.6 Å². The lowest BCUT2D eigenvalue weighted by molar-refractivity contribution is 0.399. The fraction of sp³-hybridized carbons (Fsp3) is 0.600. The topological polar surface area (TPSA) is 67.6 Å². The van der Waals surface area contributed by atoms with Crippen molar-refractivity contribution >= 4 is 5.69 Å². The number of nitriles is 1. The molecule has 1 aromatic heterocycles. The van der Waals surface area contributed by atoms with Crippen molar-refractivity contribution in [3.63, 3.8) is 0 Å². The van der Waals surface area contributed by atoms with Gasteiger partial charge in [0.05, 0.1) is 23.6 Å². The van der Waals surface area contributed by atoms with Crippen LogP contribution in [-0.2, 0) is 6.54 Å². The van der Waals surface area contributed by atoms with Crippen molar-refractivity contribution in [2.75, 3.05) is 5.73 Å². The first-order valence-corrected chi connectivity index (χ1v) is 4.82. The average molecular weight is 190 g/mol. The summed E-state index contributed by atoms with van der Waals surface area (Å²) in [6.45, 7) is 2.80. The molecular weight excluding hydrogens is 176 g/mol. The number of nitrogens with zero attached hydrogens (tertiary/aromatic N) is 3. The number of hydrogen-bond acceptors (Lipinski definition) is 3. The van der Waals surface area contributed by atoms with Gasteiger partial charge < -0.3 is 5.73 Å². The Morgan fingerprint density at radius 2 is 2.43 bits per heavy atom. The van der Waals surface area contributed by atoms with Crippen LogP contribution >= 0.6 is 0 Å². The number of hydrogen-bond donors (Lipinski definition) is 1. The van der Waals surface area contributed by atoms with E-state index in [-0.39, 0.29) is 5.41 Å². The highest BCUT2D eigenvalue weighted by molar-refractivity contribution is 5.39. The van der Waals surface area contributed by atoms with Crippen LogP contribution < -0.4 is 5.73 Å². The van der Waals surface area contributed by atoms with Gasteiger partial charge in [-0.15, -0.1) is 0 Å². The Hall–Kier alpha value is -1.50. The highest BCUT2D eigenvalue weighted by Crippen LogP contribution is 2.50. The lowest BCUT2D eigenvalue weighted by atomic mass is 10.0. The smallest absolute Gasteiger partial charge is 0.0730 e. The van der Waals surface area contributed by atoms with Crippen molar-refractivity contribution in [2.24, 2.45) is 5.41 Å². The molecule has 4 heteroatoms. The van der Waals surface area contributed by atoms with Gasteiger partial charge in [-0.05, 0) is 19.8 Å². The van der Waals surface area contributed by atoms with Crippen LogP contribution in [-0.4, -0.2) is 9.78 Å². The zero-order chi connectivity index (χ0) is 10.2. The Bertz CT molecular complexity index is 381. The molecule has 1 saturated carbocycles. The summed E-state index contributed by atoms with van der Waals surface area (Å²) < 4.78 is 1.92. The molecule has 0 aromatic carbocycles. The Kier molecular flexibility index (Phi) is 1.95. The van der Waals surface area contributed by atoms with E-state index in [0.29, 0.717) is 6.42 Å². The van der Waals surface area contributed by atoms with E-state index in [9.17, 15) is 0 Å². The Balaban J connectivity index is 2.12. The largest absolute Gasteiger partial charge is 0.396 e. The first kappa shape index (κ1) is 9.07. The van der Waals surface area contributed by atoms with Crippen LogP contribution in [0.25, 0.3) is 0 Å². The van der Waals surface area contributed by atoms with Crippen LogP contribution in [0, 0.1) is 23.7 Å². The maximum Gasteiger partial charge on any atom is 0.0730 e. The van der Waals surface area contributed by atoms with E-state index in [1.165, 1.54) is 0 Å². The standard InChI is InChI=1S/C10H14N4/c1-8-9(12)6-13-14(8)7-10(2-3-10)4-5-11/h6H,2-4,7,12H2,1H3. The molecule has 4 nitrogen and oxygen atoms in total. The van der Waals surface area contributed by atoms with E-state index >= 15 is 0 Å². The van der Waals surface area contributed by atoms with Gasteiger partial charge in [0, 0.05) is 18.4 Å². The van der Waals surface area contributed by atoms with Crippen LogP contribution in [0.1, 0.15) is 25.0 Å². The predicted octanol–water partition coefficient (Wildman–Crippen LogP) is 1.47. The van der Waals surface area contributed by atoms with Crippen molar-refractivity contribution in [2.45, 2.75) is 32.7 Å². The maximum absolute atomic E-state index is 8.69. The zero-order valence-corrected chi connectivity index (χ0v) is 8.32. The normalized spacial score (nSPS) is 17.7. The molecule has 0 atom stereocenters. The molecule has 74 valence electrons. The average Bonchev–Trinajstić information content (AvgIpc) is 2.85. The van der Waals surface area contributed by atoms with Crippen LogP contribution in [0.2, 0.25) is 0 Å². The second-order valence-electron chi connectivity index (χ2n) is 4.18. The lowest BCUT2D eigenvalue weighted by Gasteiger charge is -2.12. The van der Waals surface area contributed by atoms with Gasteiger partial charge in [-0.3, -0.25) is 4.68 Å². The summed E-state index contributed by atoms with van der Waals surface area (Å²) in [5.41, 5.74) is 7.64. The fourth-order valence-electron chi connectivity index (χ4n) is 1.67. The lowest BCUT2D eigenvalue weighted by Crippen LogP contribution is -2.13. The summed E-state index contributed by atoms with van der Waals surface area (Å²) in [6.07, 6.45) is 4.59. The van der Waals surface area contributed by atoms with E-state index in [2.05, 4.69) is 11.2 Å². The quantitative estimate of drug-likeness (QED) is 0.784. The van der Waals surface area contributed by atoms with Crippen LogP contribution in [0.15, 0.2) is 6.20 Å². The van der Waals surface area contributed by atoms with Gasteiger partial charge in [0.2, 0.25) is 0 Å². The van der Waals surface area contributed by atoms with Gasteiger partial charge in [-0.1, -0.05) is 0 Å². The SMILES string of the molecule is Cc1c(N)cnn1CC1(CC#N)CC1. The molecule has 0 aliphatic heterocycles. The van der Waals surface area contributed by atoms with Gasteiger partial charge in [0.15, 0.2) is 0 Å². The van der Waals surface area contributed by atoms with E-state index < -0.39 is 0 Å². The Labute approximate surface area is 83.3 Å². The minimum absolute atomic E-state index is 0.192. The van der Waals surface area contributed by atoms with E-state index in [4.69, 9.17) is 11.0 Å². The second kappa shape index (κ2) is 3.02. The molecule has 0 unspecified atom stereocenters. The molecule has 0 spiro atoms. The minimum Gasteiger partial charge on any atom is -0.396 e. The summed E-state index contributed by atoms with van der Waals surface area (Å²) in [4.78, 5) is 0. The van der Waals surface area contributed by atoms with Crippen molar-refractivity contribution in [3.8, 4) is 6.07 Å². The highest BCUT2D eigenvalue weighted by atomic mass is 15.3. The third kappa shape index (κ3) is 1.46. The van der Waals surface area contributed by atoms with Crippen LogP contribution in [0.5, 0.6) is 0 Å². The van der Waals surface area contributed by atoms with Gasteiger partial charge in [0.25, 0.3) is 0 Å². The molecular formula is C10H14N4. The number of rotatable bonds is 3. The Morgan fingerprint density at radius 3 is 2.86 bits per heavy atom. The molecule has 1 aliphatic rings. The fourth-order valence-corrected chi connectivity index (χ4v) is 1.67. The summed E-state index contributed by atoms with van der Waals surface area (Å²) in [5, 5.41) is 12.9. The van der Waals surface area contributed by atoms with E-state index in [1.54, 1.807) is 6.20 Å². The van der Waals surface area contributed by atoms with Crippen LogP contribution in [0.4, 0.5) is 5.69 Å². The van der Waals surface area contributed by atoms with Gasteiger partial charge in [0.1, 0.15) is 0 Å². The van der Waals surface area contributed by atoms with Gasteiger partial charge in [-0.2, -0.15) is 10.4 Å². The third-order valence-corrected chi connectivity index (χ3v) is 3.04. The van der Waals surface area contributed by atoms with Crippen molar-refractivity contribution < 1.29 is 0 Å². The first-order chi connectivity index (χ1) is 6.67. The van der Waals surface area contributed by atoms with Gasteiger partial charge >= 0.3 is 0 Å². The molecule has 0 amide bonds. The molecule has 1 aromatic rings. The number of nitrogen functional groups attached to an aromatic ring is 1. The number of aromatic nitrogens is 2. The summed E-state index contributed by atoms with van der Waals surface area (Å²) in [6, 6.07) is 2.24. The summed E-state index contributed by atoms with van der Waals surface area (Å²) in [5.74, 6) is 0. The van der Waals surface area contributed by atoms with Crippen molar-refractivity contribution in [3.05, 3.63) is 11.9 Å². The molecule has 14 heavy (non-hydrogen) atoms. The van der Waals surface area contributed by atoms with Crippen molar-refractivity contribution in [1.82, 2.24) is 9.78 Å². The summed E-state index contributed by atoms with van der Waals surface area (Å²) in [7, 11) is 0. The molecule has 1 heterocycles. The molecule has 0 radical (unpaired) electrons. The van der Waals surface area contributed by atoms with Crippen LogP contribution in [0.3, 0.4) is 0 Å². The molecule has 0 bridgehead atoms. The number of nitrogens with two attached hydrogens (primary N) is 1. The monoisotopic (exact) mass is 190 g/mol. The second-order valence-corrected chi connectivity index (χ2v) is 4.18. The molecule has 2 rings (SSSR count). The predicted molar refractivity (Wildman–Crippen MR) is 53.3 cm³/mol. The van der Waals surface area contributed by atoms with E-state index in [0.717, 1.165) is 30.8 Å².